The van der Waals surface area contributed by atoms with Gasteiger partial charge in [-0.1, -0.05) is 33.6 Å². The highest BCUT2D eigenvalue weighted by atomic mass is 16.6. The summed E-state index contributed by atoms with van der Waals surface area (Å²) in [6, 6.07) is -1.46. The summed E-state index contributed by atoms with van der Waals surface area (Å²) in [4.78, 5) is 42.1. The van der Waals surface area contributed by atoms with Gasteiger partial charge in [0.1, 0.15) is 17.6 Å². The second-order valence-corrected chi connectivity index (χ2v) is 10.1. The molecule has 0 aromatic carbocycles. The molecule has 1 spiro atoms. The van der Waals surface area contributed by atoms with Gasteiger partial charge in [0.15, 0.2) is 0 Å². The normalized spacial score (nSPS) is 36.0. The molecule has 8 heteroatoms. The molecule has 3 heterocycles. The van der Waals surface area contributed by atoms with E-state index in [1.165, 1.54) is 0 Å². The standard InChI is InChI=1S/C24H40N2O6/c1-7-10-15(5)25-20(28)19-24-12-11-23(6,32-24)18(22(30)31-9-3)17(24)21(29)26(19)16(13-27)14(4)8-2/h14-19,27H,7-13H2,1-6H3,(H,25,28)/t14-,15?,16-,17-,18+,19?,23-,24?/m0/s1. The Balaban J connectivity index is 2.07. The van der Waals surface area contributed by atoms with Crippen LogP contribution in [0.5, 0.6) is 0 Å². The monoisotopic (exact) mass is 452 g/mol. The molecule has 0 aliphatic carbocycles. The lowest BCUT2D eigenvalue weighted by atomic mass is 9.66. The number of rotatable bonds is 10. The van der Waals surface area contributed by atoms with E-state index >= 15 is 0 Å². The number of likely N-dealkylation sites (tertiary alicyclic amines) is 1. The molecule has 0 radical (unpaired) electrons. The van der Waals surface area contributed by atoms with Crippen molar-refractivity contribution in [3.05, 3.63) is 0 Å². The fourth-order valence-electron chi connectivity index (χ4n) is 6.25. The number of nitrogens with one attached hydrogen (secondary N) is 1. The molecule has 32 heavy (non-hydrogen) atoms. The van der Waals surface area contributed by atoms with Crippen molar-refractivity contribution in [1.29, 1.82) is 0 Å². The molecule has 8 nitrogen and oxygen atoms in total. The quantitative estimate of drug-likeness (QED) is 0.492. The lowest BCUT2D eigenvalue weighted by molar-refractivity contribution is -0.161. The lowest BCUT2D eigenvalue weighted by Gasteiger charge is -2.39. The number of carbonyl (C=O) groups excluding carboxylic acids is 3. The Morgan fingerprint density at radius 1 is 1.28 bits per heavy atom. The molecule has 0 aromatic heterocycles. The van der Waals surface area contributed by atoms with Gasteiger partial charge in [-0.05, 0) is 46.0 Å². The van der Waals surface area contributed by atoms with Crippen LogP contribution in [0.2, 0.25) is 0 Å². The molecule has 3 aliphatic rings. The Hall–Kier alpha value is -1.67. The highest BCUT2D eigenvalue weighted by molar-refractivity contribution is 5.98. The van der Waals surface area contributed by atoms with Crippen molar-refractivity contribution in [2.75, 3.05) is 13.2 Å². The van der Waals surface area contributed by atoms with Gasteiger partial charge in [-0.3, -0.25) is 14.4 Å². The van der Waals surface area contributed by atoms with Gasteiger partial charge >= 0.3 is 5.97 Å². The van der Waals surface area contributed by atoms with E-state index in [2.05, 4.69) is 12.2 Å². The number of aliphatic hydroxyl groups is 1. The van der Waals surface area contributed by atoms with Crippen LogP contribution in [-0.2, 0) is 23.9 Å². The summed E-state index contributed by atoms with van der Waals surface area (Å²) in [6.07, 6.45) is 3.59. The molecule has 0 aromatic rings. The number of fused-ring (bicyclic) bond motifs is 1. The first-order chi connectivity index (χ1) is 15.1. The van der Waals surface area contributed by atoms with Crippen molar-refractivity contribution in [2.45, 2.75) is 103 Å². The Morgan fingerprint density at radius 3 is 2.53 bits per heavy atom. The summed E-state index contributed by atoms with van der Waals surface area (Å²) in [7, 11) is 0. The maximum absolute atomic E-state index is 13.9. The molecule has 3 unspecified atom stereocenters. The first-order valence-electron chi connectivity index (χ1n) is 12.2. The zero-order valence-corrected chi connectivity index (χ0v) is 20.3. The molecule has 3 rings (SSSR count). The molecule has 0 saturated carbocycles. The summed E-state index contributed by atoms with van der Waals surface area (Å²) < 4.78 is 11.9. The summed E-state index contributed by atoms with van der Waals surface area (Å²) in [5.74, 6) is -2.55. The fourth-order valence-corrected chi connectivity index (χ4v) is 6.25. The third-order valence-corrected chi connectivity index (χ3v) is 7.96. The SMILES string of the molecule is CCCC(C)NC(=O)C1N([C@@H](CO)[C@@H](C)CC)C(=O)[C@@H]2[C@H](C(=O)OCC)[C@]3(C)CCC12O3. The molecule has 3 saturated heterocycles. The predicted molar refractivity (Wildman–Crippen MR) is 119 cm³/mol. The van der Waals surface area contributed by atoms with E-state index in [9.17, 15) is 19.5 Å². The van der Waals surface area contributed by atoms with Gasteiger partial charge in [-0.15, -0.1) is 0 Å². The molecular weight excluding hydrogens is 412 g/mol. The Bertz CT molecular complexity index is 744. The molecule has 3 fully saturated rings. The number of aliphatic hydroxyl groups excluding tert-OH is 1. The van der Waals surface area contributed by atoms with Gasteiger partial charge in [0.2, 0.25) is 11.8 Å². The van der Waals surface area contributed by atoms with Crippen molar-refractivity contribution in [3.8, 4) is 0 Å². The van der Waals surface area contributed by atoms with E-state index in [0.29, 0.717) is 12.8 Å². The first-order valence-corrected chi connectivity index (χ1v) is 12.2. The Labute approximate surface area is 191 Å². The number of esters is 1. The lowest BCUT2D eigenvalue weighted by Crippen LogP contribution is -2.60. The van der Waals surface area contributed by atoms with E-state index in [-0.39, 0.29) is 37.0 Å². The number of ether oxygens (including phenoxy) is 2. The van der Waals surface area contributed by atoms with E-state index in [1.807, 2.05) is 27.7 Å². The van der Waals surface area contributed by atoms with Crippen LogP contribution in [0.1, 0.15) is 73.6 Å². The summed E-state index contributed by atoms with van der Waals surface area (Å²) in [6.45, 7) is 11.5. The van der Waals surface area contributed by atoms with Crippen molar-refractivity contribution in [1.82, 2.24) is 10.2 Å². The molecule has 8 atom stereocenters. The van der Waals surface area contributed by atoms with E-state index in [4.69, 9.17) is 9.47 Å². The minimum absolute atomic E-state index is 0.0172. The maximum Gasteiger partial charge on any atom is 0.312 e. The molecule has 182 valence electrons. The zero-order chi connectivity index (χ0) is 23.8. The van der Waals surface area contributed by atoms with Gasteiger partial charge in [0.25, 0.3) is 0 Å². The maximum atomic E-state index is 13.9. The number of hydrogen-bond acceptors (Lipinski definition) is 6. The van der Waals surface area contributed by atoms with Crippen LogP contribution in [0.3, 0.4) is 0 Å². The van der Waals surface area contributed by atoms with Crippen molar-refractivity contribution in [2.24, 2.45) is 17.8 Å². The number of nitrogens with zero attached hydrogens (tertiary/aromatic N) is 1. The summed E-state index contributed by atoms with van der Waals surface area (Å²) in [5.41, 5.74) is -1.92. The summed E-state index contributed by atoms with van der Waals surface area (Å²) >= 11 is 0. The molecule has 3 aliphatic heterocycles. The van der Waals surface area contributed by atoms with Crippen molar-refractivity contribution in [3.63, 3.8) is 0 Å². The second-order valence-electron chi connectivity index (χ2n) is 10.1. The van der Waals surface area contributed by atoms with Gasteiger partial charge < -0.3 is 24.8 Å². The van der Waals surface area contributed by atoms with Gasteiger partial charge in [-0.25, -0.2) is 0 Å². The topological polar surface area (TPSA) is 105 Å². The highest BCUT2D eigenvalue weighted by Crippen LogP contribution is 2.63. The van der Waals surface area contributed by atoms with Gasteiger partial charge in [0.05, 0.1) is 30.8 Å². The van der Waals surface area contributed by atoms with Crippen LogP contribution >= 0.6 is 0 Å². The van der Waals surface area contributed by atoms with Gasteiger partial charge in [0, 0.05) is 6.04 Å². The molecule has 2 amide bonds. The second kappa shape index (κ2) is 9.29. The predicted octanol–water partition coefficient (Wildman–Crippen LogP) is 2.03. The Kier molecular flexibility index (Phi) is 7.25. The molecule has 2 N–H and O–H groups in total. The minimum atomic E-state index is -1.08. The zero-order valence-electron chi connectivity index (χ0n) is 20.3. The number of amides is 2. The minimum Gasteiger partial charge on any atom is -0.466 e. The van der Waals surface area contributed by atoms with Crippen LogP contribution in [-0.4, -0.2) is 70.3 Å². The smallest absolute Gasteiger partial charge is 0.312 e. The number of hydrogen-bond donors (Lipinski definition) is 2. The largest absolute Gasteiger partial charge is 0.466 e. The highest BCUT2D eigenvalue weighted by Gasteiger charge is 2.78. The fraction of sp³-hybridized carbons (Fsp3) is 0.875. The van der Waals surface area contributed by atoms with Crippen LogP contribution < -0.4 is 5.32 Å². The first kappa shape index (κ1) is 25.0. The van der Waals surface area contributed by atoms with Crippen LogP contribution in [0, 0.1) is 17.8 Å². The average Bonchev–Trinajstić information content (AvgIpc) is 3.30. The van der Waals surface area contributed by atoms with Crippen molar-refractivity contribution >= 4 is 17.8 Å². The van der Waals surface area contributed by atoms with Crippen LogP contribution in [0.4, 0.5) is 0 Å². The van der Waals surface area contributed by atoms with Crippen molar-refractivity contribution < 1.29 is 29.0 Å². The average molecular weight is 453 g/mol. The third-order valence-electron chi connectivity index (χ3n) is 7.96. The van der Waals surface area contributed by atoms with E-state index in [0.717, 1.165) is 19.3 Å². The van der Waals surface area contributed by atoms with Crippen LogP contribution in [0.25, 0.3) is 0 Å². The van der Waals surface area contributed by atoms with E-state index < -0.39 is 41.1 Å². The number of carbonyl (C=O) groups is 3. The summed E-state index contributed by atoms with van der Waals surface area (Å²) in [5, 5.41) is 13.3. The van der Waals surface area contributed by atoms with Crippen LogP contribution in [0.15, 0.2) is 0 Å². The van der Waals surface area contributed by atoms with E-state index in [1.54, 1.807) is 11.8 Å². The Morgan fingerprint density at radius 2 is 1.97 bits per heavy atom. The molecule has 2 bridgehead atoms. The van der Waals surface area contributed by atoms with Gasteiger partial charge in [-0.2, -0.15) is 0 Å². The third kappa shape index (κ3) is 3.73. The molecular formula is C24H40N2O6.